The summed E-state index contributed by atoms with van der Waals surface area (Å²) in [5.41, 5.74) is 3.86. The molecule has 0 radical (unpaired) electrons. The van der Waals surface area contributed by atoms with Gasteiger partial charge in [-0.05, 0) is 31.4 Å². The van der Waals surface area contributed by atoms with Crippen molar-refractivity contribution in [3.05, 3.63) is 36.2 Å². The first-order valence-electron chi connectivity index (χ1n) is 10.6. The van der Waals surface area contributed by atoms with Crippen LogP contribution in [0, 0.1) is 0 Å². The van der Waals surface area contributed by atoms with Gasteiger partial charge >= 0.3 is 0 Å². The highest BCUT2D eigenvalue weighted by Gasteiger charge is 2.27. The van der Waals surface area contributed by atoms with Crippen LogP contribution in [0.2, 0.25) is 0 Å². The largest absolute Gasteiger partial charge is 0.352 e. The van der Waals surface area contributed by atoms with Crippen LogP contribution in [0.5, 0.6) is 0 Å². The van der Waals surface area contributed by atoms with E-state index < -0.39 is 0 Å². The van der Waals surface area contributed by atoms with Gasteiger partial charge in [-0.3, -0.25) is 9.69 Å². The van der Waals surface area contributed by atoms with E-state index in [1.807, 2.05) is 17.9 Å². The van der Waals surface area contributed by atoms with Gasteiger partial charge in [0.25, 0.3) is 0 Å². The zero-order chi connectivity index (χ0) is 20.5. The molecule has 2 aliphatic rings. The molecule has 0 N–H and O–H groups in total. The second kappa shape index (κ2) is 7.98. The van der Waals surface area contributed by atoms with Crippen LogP contribution >= 0.6 is 0 Å². The molecule has 4 heterocycles. The Morgan fingerprint density at radius 3 is 2.73 bits per heavy atom. The van der Waals surface area contributed by atoms with Crippen molar-refractivity contribution in [3.8, 4) is 0 Å². The van der Waals surface area contributed by atoms with E-state index in [-0.39, 0.29) is 5.91 Å². The van der Waals surface area contributed by atoms with Gasteiger partial charge in [0, 0.05) is 45.0 Å². The Bertz CT molecular complexity index is 1060. The van der Waals surface area contributed by atoms with Crippen molar-refractivity contribution in [3.63, 3.8) is 0 Å². The summed E-state index contributed by atoms with van der Waals surface area (Å²) in [6, 6.07) is 8.26. The fraction of sp³-hybridized carbons (Fsp3) is 0.476. The number of carbonyl (C=O) groups is 1. The Balaban J connectivity index is 1.24. The molecule has 0 unspecified atom stereocenters. The van der Waals surface area contributed by atoms with Gasteiger partial charge in [0.05, 0.1) is 6.54 Å². The number of fused-ring (bicyclic) bond motifs is 2. The van der Waals surface area contributed by atoms with E-state index in [0.717, 1.165) is 74.8 Å². The minimum absolute atomic E-state index is 0.186. The molecule has 0 aliphatic carbocycles. The smallest absolute Gasteiger partial charge is 0.241 e. The molecular formula is C21H26N8O. The number of aryl methyl sites for hydroxylation is 2. The van der Waals surface area contributed by atoms with Crippen molar-refractivity contribution < 1.29 is 4.79 Å². The molecule has 3 aromatic rings. The average Bonchev–Trinajstić information content (AvgIpc) is 3.22. The number of rotatable bonds is 4. The summed E-state index contributed by atoms with van der Waals surface area (Å²) >= 11 is 0. The maximum Gasteiger partial charge on any atom is 0.241 e. The minimum atomic E-state index is 0.186. The highest BCUT2D eigenvalue weighted by molar-refractivity contribution is 5.96. The Labute approximate surface area is 175 Å². The Kier molecular flexibility index (Phi) is 5.04. The van der Waals surface area contributed by atoms with Crippen molar-refractivity contribution in [2.75, 3.05) is 49.1 Å². The molecule has 2 aromatic heterocycles. The number of nitrogens with zero attached hydrogens (tertiary/aromatic N) is 8. The van der Waals surface area contributed by atoms with Gasteiger partial charge in [-0.15, -0.1) is 5.10 Å². The molecule has 156 valence electrons. The van der Waals surface area contributed by atoms with E-state index in [2.05, 4.69) is 48.3 Å². The number of para-hydroxylation sites is 1. The maximum absolute atomic E-state index is 13.0. The van der Waals surface area contributed by atoms with Crippen LogP contribution in [0.15, 0.2) is 30.6 Å². The fourth-order valence-corrected chi connectivity index (χ4v) is 4.41. The number of hydrogen-bond donors (Lipinski definition) is 0. The van der Waals surface area contributed by atoms with Crippen molar-refractivity contribution in [1.82, 2.24) is 29.9 Å². The van der Waals surface area contributed by atoms with Crippen molar-refractivity contribution in [2.24, 2.45) is 0 Å². The number of carbonyl (C=O) groups excluding carboxylic acids is 1. The van der Waals surface area contributed by atoms with Crippen LogP contribution in [0.3, 0.4) is 0 Å². The van der Waals surface area contributed by atoms with Gasteiger partial charge < -0.3 is 9.80 Å². The summed E-state index contributed by atoms with van der Waals surface area (Å²) in [5.74, 6) is 1.02. The van der Waals surface area contributed by atoms with E-state index in [0.29, 0.717) is 6.54 Å². The fourth-order valence-electron chi connectivity index (χ4n) is 4.41. The lowest BCUT2D eigenvalue weighted by Crippen LogP contribution is -2.51. The molecule has 0 saturated carbocycles. The van der Waals surface area contributed by atoms with Gasteiger partial charge in [-0.2, -0.15) is 0 Å². The predicted octanol–water partition coefficient (Wildman–Crippen LogP) is 1.34. The molecule has 1 fully saturated rings. The van der Waals surface area contributed by atoms with Crippen molar-refractivity contribution in [1.29, 1.82) is 0 Å². The molecule has 30 heavy (non-hydrogen) atoms. The summed E-state index contributed by atoms with van der Waals surface area (Å²) in [4.78, 5) is 28.2. The predicted molar refractivity (Wildman–Crippen MR) is 115 cm³/mol. The van der Waals surface area contributed by atoms with E-state index in [9.17, 15) is 4.79 Å². The van der Waals surface area contributed by atoms with Gasteiger partial charge in [0.1, 0.15) is 6.33 Å². The molecule has 1 amide bonds. The topological polar surface area (TPSA) is 83.3 Å². The second-order valence-electron chi connectivity index (χ2n) is 7.82. The summed E-state index contributed by atoms with van der Waals surface area (Å²) in [6.07, 6.45) is 3.66. The molecule has 0 spiro atoms. The number of benzene rings is 1. The normalized spacial score (nSPS) is 17.4. The number of hydrogen-bond acceptors (Lipinski definition) is 7. The molecule has 1 aromatic carbocycles. The summed E-state index contributed by atoms with van der Waals surface area (Å²) in [6.45, 7) is 7.23. The third-order valence-electron chi connectivity index (χ3n) is 6.02. The third-order valence-corrected chi connectivity index (χ3v) is 6.02. The third kappa shape index (κ3) is 3.39. The van der Waals surface area contributed by atoms with Gasteiger partial charge in [0.2, 0.25) is 5.91 Å². The monoisotopic (exact) mass is 406 g/mol. The first-order chi connectivity index (χ1) is 14.7. The van der Waals surface area contributed by atoms with Crippen LogP contribution in [-0.2, 0) is 17.8 Å². The molecule has 5 rings (SSSR count). The SMILES string of the molecule is CCn1nnc2c(N3CCN(CC(=O)N4CCCc5ccccc54)CC3)ncnc21. The lowest BCUT2D eigenvalue weighted by Gasteiger charge is -2.36. The van der Waals surface area contributed by atoms with Crippen LogP contribution in [0.25, 0.3) is 11.2 Å². The average molecular weight is 406 g/mol. The minimum Gasteiger partial charge on any atom is -0.352 e. The van der Waals surface area contributed by atoms with E-state index >= 15 is 0 Å². The number of piperazine rings is 1. The highest BCUT2D eigenvalue weighted by Crippen LogP contribution is 2.27. The maximum atomic E-state index is 13.0. The molecule has 0 atom stereocenters. The Morgan fingerprint density at radius 2 is 1.90 bits per heavy atom. The van der Waals surface area contributed by atoms with E-state index in [1.165, 1.54) is 5.56 Å². The lowest BCUT2D eigenvalue weighted by atomic mass is 10.0. The summed E-state index contributed by atoms with van der Waals surface area (Å²) in [5, 5.41) is 8.46. The first kappa shape index (κ1) is 18.9. The zero-order valence-corrected chi connectivity index (χ0v) is 17.2. The molecule has 9 heteroatoms. The second-order valence-corrected chi connectivity index (χ2v) is 7.82. The molecule has 0 bridgehead atoms. The summed E-state index contributed by atoms with van der Waals surface area (Å²) < 4.78 is 1.78. The van der Waals surface area contributed by atoms with Gasteiger partial charge in [-0.25, -0.2) is 14.6 Å². The molecule has 1 saturated heterocycles. The number of amides is 1. The van der Waals surface area contributed by atoms with Crippen LogP contribution in [-0.4, -0.2) is 75.0 Å². The molecular weight excluding hydrogens is 380 g/mol. The quantitative estimate of drug-likeness (QED) is 0.647. The van der Waals surface area contributed by atoms with E-state index in [1.54, 1.807) is 11.0 Å². The van der Waals surface area contributed by atoms with E-state index in [4.69, 9.17) is 0 Å². The number of anilines is 2. The molecule has 2 aliphatic heterocycles. The highest BCUT2D eigenvalue weighted by atomic mass is 16.2. The Hall–Kier alpha value is -3.07. The summed E-state index contributed by atoms with van der Waals surface area (Å²) in [7, 11) is 0. The van der Waals surface area contributed by atoms with Crippen LogP contribution < -0.4 is 9.80 Å². The van der Waals surface area contributed by atoms with Crippen LogP contribution in [0.4, 0.5) is 11.5 Å². The number of aromatic nitrogens is 5. The molecule has 9 nitrogen and oxygen atoms in total. The lowest BCUT2D eigenvalue weighted by molar-refractivity contribution is -0.119. The standard InChI is InChI=1S/C21H26N8O/c1-2-29-21-19(24-25-29)20(22-15-23-21)27-12-10-26(11-13-27)14-18(30)28-9-5-7-16-6-3-4-8-17(16)28/h3-4,6,8,15H,2,5,7,9-14H2,1H3. The van der Waals surface area contributed by atoms with Crippen molar-refractivity contribution >= 4 is 28.6 Å². The van der Waals surface area contributed by atoms with Gasteiger partial charge in [0.15, 0.2) is 17.0 Å². The zero-order valence-electron chi connectivity index (χ0n) is 17.2. The van der Waals surface area contributed by atoms with Gasteiger partial charge in [-0.1, -0.05) is 23.4 Å². The Morgan fingerprint density at radius 1 is 1.07 bits per heavy atom. The first-order valence-corrected chi connectivity index (χ1v) is 10.6. The van der Waals surface area contributed by atoms with Crippen molar-refractivity contribution in [2.45, 2.75) is 26.3 Å². The van der Waals surface area contributed by atoms with Crippen LogP contribution in [0.1, 0.15) is 18.9 Å².